The van der Waals surface area contributed by atoms with Crippen LogP contribution in [0.1, 0.15) is 5.76 Å². The Morgan fingerprint density at radius 1 is 1.28 bits per heavy atom. The Labute approximate surface area is 112 Å². The molecule has 0 bridgehead atoms. The molecule has 96 valence electrons. The standard InChI is InChI=1S/C14H16ClNO2/c1-16-12(9-14-3-2-8-17-14)10-18-13-6-4-11(15)5-7-13/h2-8,12,16H,9-10H2,1H3. The molecule has 1 unspecified atom stereocenters. The van der Waals surface area contributed by atoms with Crippen molar-refractivity contribution >= 4 is 11.6 Å². The number of benzene rings is 1. The molecule has 0 aliphatic rings. The van der Waals surface area contributed by atoms with Crippen molar-refractivity contribution in [3.05, 3.63) is 53.4 Å². The summed E-state index contributed by atoms with van der Waals surface area (Å²) in [5.74, 6) is 1.77. The normalized spacial score (nSPS) is 12.3. The van der Waals surface area contributed by atoms with Crippen LogP contribution in [0.25, 0.3) is 0 Å². The highest BCUT2D eigenvalue weighted by atomic mass is 35.5. The first-order chi connectivity index (χ1) is 8.78. The second kappa shape index (κ2) is 6.47. The van der Waals surface area contributed by atoms with Gasteiger partial charge in [0, 0.05) is 17.5 Å². The topological polar surface area (TPSA) is 34.4 Å². The molecule has 0 amide bonds. The molecule has 0 radical (unpaired) electrons. The number of hydrogen-bond acceptors (Lipinski definition) is 3. The monoisotopic (exact) mass is 265 g/mol. The fourth-order valence-corrected chi connectivity index (χ4v) is 1.77. The molecule has 18 heavy (non-hydrogen) atoms. The smallest absolute Gasteiger partial charge is 0.119 e. The van der Waals surface area contributed by atoms with E-state index < -0.39 is 0 Å². The number of hydrogen-bond donors (Lipinski definition) is 1. The Kier molecular flexibility index (Phi) is 4.67. The number of nitrogens with one attached hydrogen (secondary N) is 1. The van der Waals surface area contributed by atoms with Gasteiger partial charge in [-0.1, -0.05) is 11.6 Å². The lowest BCUT2D eigenvalue weighted by Crippen LogP contribution is -2.33. The van der Waals surface area contributed by atoms with E-state index >= 15 is 0 Å². The van der Waals surface area contributed by atoms with Crippen LogP contribution in [0.4, 0.5) is 0 Å². The number of rotatable bonds is 6. The molecule has 0 saturated carbocycles. The van der Waals surface area contributed by atoms with Crippen LogP contribution < -0.4 is 10.1 Å². The molecular weight excluding hydrogens is 250 g/mol. The van der Waals surface area contributed by atoms with Gasteiger partial charge >= 0.3 is 0 Å². The zero-order valence-electron chi connectivity index (χ0n) is 10.2. The minimum atomic E-state index is 0.215. The predicted octanol–water partition coefficient (Wildman–Crippen LogP) is 3.14. The summed E-state index contributed by atoms with van der Waals surface area (Å²) in [5.41, 5.74) is 0. The van der Waals surface area contributed by atoms with Crippen LogP contribution in [0.5, 0.6) is 5.75 Å². The van der Waals surface area contributed by atoms with E-state index in [1.807, 2.05) is 43.4 Å². The number of furan rings is 1. The summed E-state index contributed by atoms with van der Waals surface area (Å²) in [7, 11) is 1.92. The second-order valence-electron chi connectivity index (χ2n) is 4.03. The van der Waals surface area contributed by atoms with E-state index in [0.717, 1.165) is 17.9 Å². The largest absolute Gasteiger partial charge is 0.492 e. The summed E-state index contributed by atoms with van der Waals surface area (Å²) < 4.78 is 11.0. The minimum absolute atomic E-state index is 0.215. The molecule has 1 heterocycles. The van der Waals surface area contributed by atoms with Crippen molar-refractivity contribution in [2.75, 3.05) is 13.7 Å². The first kappa shape index (κ1) is 13.0. The Hall–Kier alpha value is -1.45. The Bertz CT molecular complexity index is 453. The van der Waals surface area contributed by atoms with Gasteiger partial charge < -0.3 is 14.5 Å². The van der Waals surface area contributed by atoms with E-state index in [1.165, 1.54) is 0 Å². The van der Waals surface area contributed by atoms with E-state index in [2.05, 4.69) is 5.32 Å². The van der Waals surface area contributed by atoms with Gasteiger partial charge in [-0.25, -0.2) is 0 Å². The molecule has 4 heteroatoms. The van der Waals surface area contributed by atoms with Crippen molar-refractivity contribution < 1.29 is 9.15 Å². The van der Waals surface area contributed by atoms with E-state index in [-0.39, 0.29) is 6.04 Å². The van der Waals surface area contributed by atoms with Gasteiger partial charge in [0.15, 0.2) is 0 Å². The Morgan fingerprint density at radius 2 is 2.06 bits per heavy atom. The van der Waals surface area contributed by atoms with Crippen LogP contribution in [-0.2, 0) is 6.42 Å². The molecular formula is C14H16ClNO2. The van der Waals surface area contributed by atoms with Crippen molar-refractivity contribution in [1.82, 2.24) is 5.32 Å². The van der Waals surface area contributed by atoms with E-state index in [1.54, 1.807) is 6.26 Å². The summed E-state index contributed by atoms with van der Waals surface area (Å²) in [6, 6.07) is 11.4. The lowest BCUT2D eigenvalue weighted by Gasteiger charge is -2.15. The molecule has 0 aliphatic heterocycles. The lowest BCUT2D eigenvalue weighted by atomic mass is 10.2. The summed E-state index contributed by atoms with van der Waals surface area (Å²) in [5, 5.41) is 3.92. The average Bonchev–Trinajstić information content (AvgIpc) is 2.89. The van der Waals surface area contributed by atoms with Crippen LogP contribution in [0.2, 0.25) is 5.02 Å². The van der Waals surface area contributed by atoms with Gasteiger partial charge in [0.1, 0.15) is 18.1 Å². The van der Waals surface area contributed by atoms with Crippen molar-refractivity contribution in [2.24, 2.45) is 0 Å². The van der Waals surface area contributed by atoms with Crippen LogP contribution in [0.3, 0.4) is 0 Å². The molecule has 1 aromatic carbocycles. The third-order valence-corrected chi connectivity index (χ3v) is 2.95. The molecule has 2 rings (SSSR count). The van der Waals surface area contributed by atoms with Crippen LogP contribution >= 0.6 is 11.6 Å². The van der Waals surface area contributed by atoms with Crippen molar-refractivity contribution in [3.8, 4) is 5.75 Å². The van der Waals surface area contributed by atoms with Crippen molar-refractivity contribution in [2.45, 2.75) is 12.5 Å². The SMILES string of the molecule is CNC(COc1ccc(Cl)cc1)Cc1ccco1. The predicted molar refractivity (Wildman–Crippen MR) is 72.2 cm³/mol. The highest BCUT2D eigenvalue weighted by Crippen LogP contribution is 2.16. The van der Waals surface area contributed by atoms with Gasteiger partial charge in [0.25, 0.3) is 0 Å². The molecule has 3 nitrogen and oxygen atoms in total. The molecule has 2 aromatic rings. The van der Waals surface area contributed by atoms with Crippen LogP contribution in [0.15, 0.2) is 47.1 Å². The summed E-state index contributed by atoms with van der Waals surface area (Å²) in [6.45, 7) is 0.582. The van der Waals surface area contributed by atoms with Crippen molar-refractivity contribution in [3.63, 3.8) is 0 Å². The lowest BCUT2D eigenvalue weighted by molar-refractivity contribution is 0.263. The average molecular weight is 266 g/mol. The molecule has 1 atom stereocenters. The van der Waals surface area contributed by atoms with E-state index in [0.29, 0.717) is 11.6 Å². The Balaban J connectivity index is 1.85. The summed E-state index contributed by atoms with van der Waals surface area (Å²) in [6.07, 6.45) is 2.49. The molecule has 0 saturated heterocycles. The third kappa shape index (κ3) is 3.79. The minimum Gasteiger partial charge on any atom is -0.492 e. The molecule has 1 N–H and O–H groups in total. The quantitative estimate of drug-likeness (QED) is 0.871. The van der Waals surface area contributed by atoms with E-state index in [4.69, 9.17) is 20.8 Å². The molecule has 0 fully saturated rings. The van der Waals surface area contributed by atoms with Crippen molar-refractivity contribution in [1.29, 1.82) is 0 Å². The zero-order valence-corrected chi connectivity index (χ0v) is 11.0. The second-order valence-corrected chi connectivity index (χ2v) is 4.47. The fourth-order valence-electron chi connectivity index (χ4n) is 1.64. The molecule has 0 aliphatic carbocycles. The summed E-state index contributed by atoms with van der Waals surface area (Å²) in [4.78, 5) is 0. The fraction of sp³-hybridized carbons (Fsp3) is 0.286. The van der Waals surface area contributed by atoms with Crippen LogP contribution in [0, 0.1) is 0 Å². The Morgan fingerprint density at radius 3 is 2.67 bits per heavy atom. The van der Waals surface area contributed by atoms with Crippen LogP contribution in [-0.4, -0.2) is 19.7 Å². The van der Waals surface area contributed by atoms with E-state index in [9.17, 15) is 0 Å². The van der Waals surface area contributed by atoms with Gasteiger partial charge in [0.2, 0.25) is 0 Å². The van der Waals surface area contributed by atoms with Gasteiger partial charge in [-0.15, -0.1) is 0 Å². The number of halogens is 1. The third-order valence-electron chi connectivity index (χ3n) is 2.70. The highest BCUT2D eigenvalue weighted by molar-refractivity contribution is 6.30. The molecule has 0 spiro atoms. The maximum Gasteiger partial charge on any atom is 0.119 e. The number of likely N-dealkylation sites (N-methyl/N-ethyl adjacent to an activating group) is 1. The zero-order chi connectivity index (χ0) is 12.8. The number of ether oxygens (including phenoxy) is 1. The van der Waals surface area contributed by atoms with Gasteiger partial charge in [0.05, 0.1) is 6.26 Å². The maximum atomic E-state index is 5.82. The maximum absolute atomic E-state index is 5.82. The molecule has 1 aromatic heterocycles. The van der Waals surface area contributed by atoms with Gasteiger partial charge in [-0.3, -0.25) is 0 Å². The highest BCUT2D eigenvalue weighted by Gasteiger charge is 2.10. The van der Waals surface area contributed by atoms with Gasteiger partial charge in [-0.05, 0) is 43.4 Å². The summed E-state index contributed by atoms with van der Waals surface area (Å²) >= 11 is 5.82. The van der Waals surface area contributed by atoms with Gasteiger partial charge in [-0.2, -0.15) is 0 Å². The first-order valence-electron chi connectivity index (χ1n) is 5.86. The first-order valence-corrected chi connectivity index (χ1v) is 6.24.